The number of hydrogen-bond donors (Lipinski definition) is 1. The smallest absolute Gasteiger partial charge is 0.138 e. The lowest BCUT2D eigenvalue weighted by Gasteiger charge is -2.22. The van der Waals surface area contributed by atoms with Crippen molar-refractivity contribution in [3.63, 3.8) is 0 Å². The summed E-state index contributed by atoms with van der Waals surface area (Å²) < 4.78 is 11.2. The zero-order valence-electron chi connectivity index (χ0n) is 11.3. The second kappa shape index (κ2) is 5.67. The Morgan fingerprint density at radius 3 is 2.83 bits per heavy atom. The van der Waals surface area contributed by atoms with Crippen LogP contribution in [0.5, 0.6) is 5.75 Å². The number of aromatic nitrogens is 1. The predicted molar refractivity (Wildman–Crippen MR) is 70.5 cm³/mol. The standard InChI is InChI=1S/C14H22N2O2/c1-9(2)18-12-6-11(7-16-8-12)14(15)13-4-5-17-10(13)3/h6-10,13-14H,4-5,15H2,1-3H3. The summed E-state index contributed by atoms with van der Waals surface area (Å²) in [5.74, 6) is 1.14. The van der Waals surface area contributed by atoms with E-state index >= 15 is 0 Å². The van der Waals surface area contributed by atoms with Gasteiger partial charge in [0.15, 0.2) is 0 Å². The molecule has 0 aromatic carbocycles. The molecule has 1 aliphatic rings. The van der Waals surface area contributed by atoms with Crippen molar-refractivity contribution in [2.24, 2.45) is 11.7 Å². The Morgan fingerprint density at radius 1 is 1.44 bits per heavy atom. The minimum atomic E-state index is -0.0364. The van der Waals surface area contributed by atoms with Gasteiger partial charge in [-0.2, -0.15) is 0 Å². The maximum Gasteiger partial charge on any atom is 0.138 e. The van der Waals surface area contributed by atoms with Gasteiger partial charge in [-0.15, -0.1) is 0 Å². The molecule has 4 heteroatoms. The summed E-state index contributed by atoms with van der Waals surface area (Å²) >= 11 is 0. The van der Waals surface area contributed by atoms with Crippen molar-refractivity contribution < 1.29 is 9.47 Å². The Bertz CT molecular complexity index is 395. The molecule has 1 aromatic rings. The zero-order valence-corrected chi connectivity index (χ0v) is 11.3. The lowest BCUT2D eigenvalue weighted by Crippen LogP contribution is -2.26. The van der Waals surface area contributed by atoms with E-state index in [0.717, 1.165) is 24.3 Å². The fourth-order valence-electron chi connectivity index (χ4n) is 2.42. The highest BCUT2D eigenvalue weighted by atomic mass is 16.5. The number of ether oxygens (including phenoxy) is 2. The highest BCUT2D eigenvalue weighted by Gasteiger charge is 2.30. The molecule has 1 aromatic heterocycles. The largest absolute Gasteiger partial charge is 0.489 e. The van der Waals surface area contributed by atoms with E-state index in [9.17, 15) is 0 Å². The topological polar surface area (TPSA) is 57.4 Å². The average Bonchev–Trinajstić information content (AvgIpc) is 2.74. The van der Waals surface area contributed by atoms with Crippen molar-refractivity contribution in [1.29, 1.82) is 0 Å². The van der Waals surface area contributed by atoms with Gasteiger partial charge in [-0.1, -0.05) is 0 Å². The van der Waals surface area contributed by atoms with E-state index in [4.69, 9.17) is 15.2 Å². The molecule has 1 aliphatic heterocycles. The van der Waals surface area contributed by atoms with Crippen LogP contribution in [0.4, 0.5) is 0 Å². The van der Waals surface area contributed by atoms with Crippen LogP contribution in [-0.2, 0) is 4.74 Å². The van der Waals surface area contributed by atoms with Crippen LogP contribution < -0.4 is 10.5 Å². The summed E-state index contributed by atoms with van der Waals surface area (Å²) in [5, 5.41) is 0. The molecule has 2 N–H and O–H groups in total. The SMILES string of the molecule is CC(C)Oc1cncc(C(N)C2CCOC2C)c1. The first-order valence-corrected chi connectivity index (χ1v) is 6.56. The maximum atomic E-state index is 6.31. The third-order valence-corrected chi connectivity index (χ3v) is 3.39. The Balaban J connectivity index is 2.12. The van der Waals surface area contributed by atoms with E-state index in [0.29, 0.717) is 5.92 Å². The molecule has 0 saturated carbocycles. The highest BCUT2D eigenvalue weighted by molar-refractivity contribution is 5.26. The fourth-order valence-corrected chi connectivity index (χ4v) is 2.42. The molecule has 3 atom stereocenters. The van der Waals surface area contributed by atoms with Gasteiger partial charge in [0.05, 0.1) is 18.4 Å². The summed E-state index contributed by atoms with van der Waals surface area (Å²) in [6, 6.07) is 1.95. The summed E-state index contributed by atoms with van der Waals surface area (Å²) in [4.78, 5) is 4.21. The van der Waals surface area contributed by atoms with Crippen LogP contribution in [0, 0.1) is 5.92 Å². The van der Waals surface area contributed by atoms with Gasteiger partial charge in [-0.05, 0) is 38.8 Å². The molecule has 4 nitrogen and oxygen atoms in total. The second-order valence-corrected chi connectivity index (χ2v) is 5.17. The molecule has 0 aliphatic carbocycles. The van der Waals surface area contributed by atoms with Crippen LogP contribution in [0.25, 0.3) is 0 Å². The normalized spacial score (nSPS) is 25.4. The number of nitrogens with two attached hydrogens (primary N) is 1. The van der Waals surface area contributed by atoms with Gasteiger partial charge in [0, 0.05) is 24.8 Å². The molecular formula is C14H22N2O2. The summed E-state index contributed by atoms with van der Waals surface area (Å²) in [6.07, 6.45) is 4.92. The van der Waals surface area contributed by atoms with Crippen molar-refractivity contribution in [3.05, 3.63) is 24.0 Å². The number of pyridine rings is 1. The van der Waals surface area contributed by atoms with Crippen molar-refractivity contribution in [3.8, 4) is 5.75 Å². The van der Waals surface area contributed by atoms with Crippen molar-refractivity contribution in [1.82, 2.24) is 4.98 Å². The summed E-state index contributed by atoms with van der Waals surface area (Å²) in [7, 11) is 0. The number of rotatable bonds is 4. The molecule has 1 fully saturated rings. The molecule has 0 bridgehead atoms. The van der Waals surface area contributed by atoms with E-state index in [-0.39, 0.29) is 18.2 Å². The van der Waals surface area contributed by atoms with Crippen molar-refractivity contribution >= 4 is 0 Å². The number of nitrogens with zero attached hydrogens (tertiary/aromatic N) is 1. The lowest BCUT2D eigenvalue weighted by molar-refractivity contribution is 0.0994. The zero-order chi connectivity index (χ0) is 13.1. The molecule has 0 spiro atoms. The quantitative estimate of drug-likeness (QED) is 0.890. The van der Waals surface area contributed by atoms with Crippen molar-refractivity contribution in [2.75, 3.05) is 6.61 Å². The van der Waals surface area contributed by atoms with Gasteiger partial charge in [0.25, 0.3) is 0 Å². The molecule has 1 saturated heterocycles. The Hall–Kier alpha value is -1.13. The van der Waals surface area contributed by atoms with E-state index < -0.39 is 0 Å². The first-order valence-electron chi connectivity index (χ1n) is 6.56. The monoisotopic (exact) mass is 250 g/mol. The molecule has 18 heavy (non-hydrogen) atoms. The van der Waals surface area contributed by atoms with Gasteiger partial charge in [0.1, 0.15) is 5.75 Å². The Kier molecular flexibility index (Phi) is 4.19. The highest BCUT2D eigenvalue weighted by Crippen LogP contribution is 2.32. The maximum absolute atomic E-state index is 6.31. The number of hydrogen-bond acceptors (Lipinski definition) is 4. The Morgan fingerprint density at radius 2 is 2.22 bits per heavy atom. The van der Waals surface area contributed by atoms with Crippen LogP contribution >= 0.6 is 0 Å². The minimum Gasteiger partial charge on any atom is -0.489 e. The first-order chi connectivity index (χ1) is 8.58. The van der Waals surface area contributed by atoms with Crippen LogP contribution in [0.2, 0.25) is 0 Å². The summed E-state index contributed by atoms with van der Waals surface area (Å²) in [6.45, 7) is 6.88. The van der Waals surface area contributed by atoms with E-state index in [1.165, 1.54) is 0 Å². The fraction of sp³-hybridized carbons (Fsp3) is 0.643. The molecular weight excluding hydrogens is 228 g/mol. The van der Waals surface area contributed by atoms with Crippen molar-refractivity contribution in [2.45, 2.75) is 45.4 Å². The third-order valence-electron chi connectivity index (χ3n) is 3.39. The second-order valence-electron chi connectivity index (χ2n) is 5.17. The molecule has 3 unspecified atom stereocenters. The van der Waals surface area contributed by atoms with Gasteiger partial charge < -0.3 is 15.2 Å². The molecule has 0 amide bonds. The average molecular weight is 250 g/mol. The molecule has 100 valence electrons. The molecule has 2 rings (SSSR count). The van der Waals surface area contributed by atoms with Crippen LogP contribution in [0.15, 0.2) is 18.5 Å². The summed E-state index contributed by atoms with van der Waals surface area (Å²) in [5.41, 5.74) is 7.34. The van der Waals surface area contributed by atoms with Crippen LogP contribution in [-0.4, -0.2) is 23.8 Å². The van der Waals surface area contributed by atoms with Gasteiger partial charge in [-0.3, -0.25) is 4.98 Å². The van der Waals surface area contributed by atoms with Gasteiger partial charge in [0.2, 0.25) is 0 Å². The van der Waals surface area contributed by atoms with Crippen LogP contribution in [0.3, 0.4) is 0 Å². The lowest BCUT2D eigenvalue weighted by atomic mass is 9.90. The molecule has 0 radical (unpaired) electrons. The van der Waals surface area contributed by atoms with Gasteiger partial charge >= 0.3 is 0 Å². The Labute approximate surface area is 108 Å². The van der Waals surface area contributed by atoms with E-state index in [1.807, 2.05) is 26.1 Å². The molecule has 2 heterocycles. The minimum absolute atomic E-state index is 0.0364. The van der Waals surface area contributed by atoms with E-state index in [1.54, 1.807) is 6.20 Å². The van der Waals surface area contributed by atoms with Crippen LogP contribution in [0.1, 0.15) is 38.8 Å². The van der Waals surface area contributed by atoms with Gasteiger partial charge in [-0.25, -0.2) is 0 Å². The van der Waals surface area contributed by atoms with E-state index in [2.05, 4.69) is 11.9 Å². The first kappa shape index (κ1) is 13.3. The third kappa shape index (κ3) is 3.00. The predicted octanol–water partition coefficient (Wildman–Crippen LogP) is 2.29.